The number of rotatable bonds is 5. The van der Waals surface area contributed by atoms with Crippen LogP contribution in [0, 0.1) is 0 Å². The smallest absolute Gasteiger partial charge is 0.332 e. The summed E-state index contributed by atoms with van der Waals surface area (Å²) >= 11 is 0. The monoisotopic (exact) mass is 323 g/mol. The van der Waals surface area contributed by atoms with Gasteiger partial charge in [0.2, 0.25) is 0 Å². The number of ether oxygens (including phenoxy) is 2. The number of cyclic esters (lactones) is 1. The number of carbonyl (C=O) groups is 1. The van der Waals surface area contributed by atoms with Gasteiger partial charge in [-0.05, 0) is 18.1 Å². The van der Waals surface area contributed by atoms with Crippen LogP contribution in [0.3, 0.4) is 0 Å². The number of esters is 1. The lowest BCUT2D eigenvalue weighted by Crippen LogP contribution is -2.51. The summed E-state index contributed by atoms with van der Waals surface area (Å²) < 4.78 is 11.1. The van der Waals surface area contributed by atoms with E-state index in [1.807, 2.05) is 67.6 Å². The molecule has 124 valence electrons. The molecule has 4 heteroatoms. The molecule has 0 aliphatic carbocycles. The quantitative estimate of drug-likeness (QED) is 0.795. The zero-order valence-corrected chi connectivity index (χ0v) is 13.9. The lowest BCUT2D eigenvalue weighted by Gasteiger charge is -2.36. The fourth-order valence-corrected chi connectivity index (χ4v) is 3.00. The van der Waals surface area contributed by atoms with Gasteiger partial charge in [-0.2, -0.15) is 0 Å². The predicted octanol–water partition coefficient (Wildman–Crippen LogP) is 3.05. The lowest BCUT2D eigenvalue weighted by molar-refractivity contribution is -0.159. The average Bonchev–Trinajstić information content (AvgIpc) is 2.59. The minimum Gasteiger partial charge on any atom is -0.449 e. The normalized spacial score (nSPS) is 23.5. The molecule has 0 saturated carbocycles. The van der Waals surface area contributed by atoms with E-state index in [0.29, 0.717) is 6.42 Å². The Morgan fingerprint density at radius 3 is 2.33 bits per heavy atom. The van der Waals surface area contributed by atoms with Crippen LogP contribution in [0.25, 0.3) is 0 Å². The Morgan fingerprint density at radius 1 is 1.08 bits per heavy atom. The van der Waals surface area contributed by atoms with Gasteiger partial charge in [-0.25, -0.2) is 4.79 Å². The zero-order valence-electron chi connectivity index (χ0n) is 13.9. The first-order chi connectivity index (χ1) is 11.6. The molecule has 1 aliphatic rings. The molecule has 0 saturated heterocycles. The second kappa shape index (κ2) is 6.97. The van der Waals surface area contributed by atoms with Crippen molar-refractivity contribution < 1.29 is 14.3 Å². The van der Waals surface area contributed by atoms with Crippen LogP contribution < -0.4 is 0 Å². The van der Waals surface area contributed by atoms with Crippen molar-refractivity contribution in [3.8, 4) is 0 Å². The van der Waals surface area contributed by atoms with E-state index in [4.69, 9.17) is 14.5 Å². The summed E-state index contributed by atoms with van der Waals surface area (Å²) in [5, 5.41) is 0. The van der Waals surface area contributed by atoms with Gasteiger partial charge in [-0.3, -0.25) is 4.99 Å². The maximum absolute atomic E-state index is 12.5. The number of methoxy groups -OCH3 is 1. The van der Waals surface area contributed by atoms with Gasteiger partial charge in [0, 0.05) is 13.5 Å². The summed E-state index contributed by atoms with van der Waals surface area (Å²) in [6.07, 6.45) is 0.527. The standard InChI is InChI=1S/C20H21NO3/c1-20(14-23-2)18(16-11-7-4-8-12-16)21-17(19(22)24-20)13-15-9-5-3-6-10-15/h3-12,17H,13-14H2,1-2H3/t17-,20+/m1/s1. The Balaban J connectivity index is 1.98. The summed E-state index contributed by atoms with van der Waals surface area (Å²) in [7, 11) is 1.59. The third-order valence-corrected chi connectivity index (χ3v) is 4.12. The Hall–Kier alpha value is -2.46. The van der Waals surface area contributed by atoms with Gasteiger partial charge < -0.3 is 9.47 Å². The summed E-state index contributed by atoms with van der Waals surface area (Å²) in [5.74, 6) is -0.307. The number of carbonyl (C=O) groups excluding carboxylic acids is 1. The topological polar surface area (TPSA) is 47.9 Å². The average molecular weight is 323 g/mol. The minimum atomic E-state index is -0.875. The van der Waals surface area contributed by atoms with Crippen LogP contribution in [-0.4, -0.2) is 37.0 Å². The number of aliphatic imine (C=N–C) groups is 1. The Kier molecular flexibility index (Phi) is 4.76. The van der Waals surface area contributed by atoms with Crippen molar-refractivity contribution in [2.24, 2.45) is 4.99 Å². The van der Waals surface area contributed by atoms with Gasteiger partial charge in [0.25, 0.3) is 0 Å². The maximum atomic E-state index is 12.5. The van der Waals surface area contributed by atoms with Crippen LogP contribution in [0.4, 0.5) is 0 Å². The van der Waals surface area contributed by atoms with Crippen molar-refractivity contribution in [1.82, 2.24) is 0 Å². The van der Waals surface area contributed by atoms with E-state index in [0.717, 1.165) is 16.8 Å². The summed E-state index contributed by atoms with van der Waals surface area (Å²) in [5.41, 5.74) is 1.89. The predicted molar refractivity (Wildman–Crippen MR) is 93.3 cm³/mol. The molecule has 24 heavy (non-hydrogen) atoms. The number of hydrogen-bond acceptors (Lipinski definition) is 4. The first-order valence-electron chi connectivity index (χ1n) is 8.02. The molecule has 1 heterocycles. The van der Waals surface area contributed by atoms with Crippen molar-refractivity contribution in [2.45, 2.75) is 25.0 Å². The molecule has 0 fully saturated rings. The van der Waals surface area contributed by atoms with Crippen LogP contribution in [-0.2, 0) is 20.7 Å². The Labute approximate surface area is 142 Å². The summed E-state index contributed by atoms with van der Waals surface area (Å²) in [6.45, 7) is 2.11. The van der Waals surface area contributed by atoms with Crippen molar-refractivity contribution in [3.05, 3.63) is 71.8 Å². The van der Waals surface area contributed by atoms with Crippen LogP contribution >= 0.6 is 0 Å². The first kappa shape index (κ1) is 16.4. The lowest BCUT2D eigenvalue weighted by atomic mass is 9.91. The number of nitrogens with zero attached hydrogens (tertiary/aromatic N) is 1. The fourth-order valence-electron chi connectivity index (χ4n) is 3.00. The highest BCUT2D eigenvalue weighted by Crippen LogP contribution is 2.27. The second-order valence-electron chi connectivity index (χ2n) is 6.13. The third kappa shape index (κ3) is 3.39. The molecule has 0 radical (unpaired) electrons. The molecular formula is C20H21NO3. The van der Waals surface area contributed by atoms with Crippen molar-refractivity contribution >= 4 is 11.7 Å². The molecule has 4 nitrogen and oxygen atoms in total. The van der Waals surface area contributed by atoms with E-state index in [2.05, 4.69) is 0 Å². The van der Waals surface area contributed by atoms with Gasteiger partial charge in [0.1, 0.15) is 0 Å². The van der Waals surface area contributed by atoms with Gasteiger partial charge in [-0.1, -0.05) is 60.7 Å². The highest BCUT2D eigenvalue weighted by atomic mass is 16.6. The van der Waals surface area contributed by atoms with Crippen LogP contribution in [0.1, 0.15) is 18.1 Å². The Bertz CT molecular complexity index is 727. The van der Waals surface area contributed by atoms with E-state index in [1.54, 1.807) is 7.11 Å². The summed E-state index contributed by atoms with van der Waals surface area (Å²) in [4.78, 5) is 17.2. The molecule has 1 aliphatic heterocycles. The largest absolute Gasteiger partial charge is 0.449 e. The maximum Gasteiger partial charge on any atom is 0.332 e. The molecule has 0 spiro atoms. The highest BCUT2D eigenvalue weighted by Gasteiger charge is 2.42. The molecule has 2 atom stereocenters. The number of benzene rings is 2. The van der Waals surface area contributed by atoms with Gasteiger partial charge in [-0.15, -0.1) is 0 Å². The van der Waals surface area contributed by atoms with E-state index in [-0.39, 0.29) is 12.6 Å². The van der Waals surface area contributed by atoms with Crippen LogP contribution in [0.5, 0.6) is 0 Å². The van der Waals surface area contributed by atoms with E-state index in [1.165, 1.54) is 0 Å². The van der Waals surface area contributed by atoms with Crippen LogP contribution in [0.2, 0.25) is 0 Å². The van der Waals surface area contributed by atoms with Gasteiger partial charge in [0.15, 0.2) is 11.6 Å². The molecule has 2 aromatic rings. The zero-order chi connectivity index (χ0) is 17.0. The van der Waals surface area contributed by atoms with Crippen molar-refractivity contribution in [1.29, 1.82) is 0 Å². The summed E-state index contributed by atoms with van der Waals surface area (Å²) in [6, 6.07) is 19.1. The number of hydrogen-bond donors (Lipinski definition) is 0. The van der Waals surface area contributed by atoms with E-state index < -0.39 is 11.6 Å². The molecule has 0 bridgehead atoms. The van der Waals surface area contributed by atoms with Gasteiger partial charge >= 0.3 is 5.97 Å². The molecular weight excluding hydrogens is 302 g/mol. The van der Waals surface area contributed by atoms with Crippen LogP contribution in [0.15, 0.2) is 65.7 Å². The molecule has 0 N–H and O–H groups in total. The van der Waals surface area contributed by atoms with Gasteiger partial charge in [0.05, 0.1) is 12.3 Å². The fraction of sp³-hybridized carbons (Fsp3) is 0.300. The highest BCUT2D eigenvalue weighted by molar-refractivity contribution is 6.10. The molecule has 0 aromatic heterocycles. The Morgan fingerprint density at radius 2 is 1.71 bits per heavy atom. The second-order valence-corrected chi connectivity index (χ2v) is 6.13. The minimum absolute atomic E-state index is 0.268. The first-order valence-corrected chi connectivity index (χ1v) is 8.02. The molecule has 2 aromatic carbocycles. The molecule has 0 amide bonds. The van der Waals surface area contributed by atoms with E-state index in [9.17, 15) is 4.79 Å². The van der Waals surface area contributed by atoms with Crippen molar-refractivity contribution in [3.63, 3.8) is 0 Å². The SMILES string of the molecule is COC[C@]1(C)OC(=O)[C@@H](Cc2ccccc2)N=C1c1ccccc1. The molecule has 0 unspecified atom stereocenters. The molecule has 3 rings (SSSR count). The van der Waals surface area contributed by atoms with E-state index >= 15 is 0 Å². The van der Waals surface area contributed by atoms with Crippen molar-refractivity contribution in [2.75, 3.05) is 13.7 Å². The third-order valence-electron chi connectivity index (χ3n) is 4.12.